The zero-order valence-corrected chi connectivity index (χ0v) is 9.23. The Bertz CT molecular complexity index is 390. The number of amides is 1. The van der Waals surface area contributed by atoms with Crippen molar-refractivity contribution >= 4 is 11.9 Å². The van der Waals surface area contributed by atoms with E-state index in [2.05, 4.69) is 11.9 Å². The molecule has 3 fully saturated rings. The molecule has 0 aromatic heterocycles. The highest BCUT2D eigenvalue weighted by Crippen LogP contribution is 2.54. The molecule has 0 radical (unpaired) electrons. The molecule has 4 heteroatoms. The van der Waals surface area contributed by atoms with Crippen molar-refractivity contribution in [2.75, 3.05) is 0 Å². The van der Waals surface area contributed by atoms with E-state index < -0.39 is 0 Å². The Kier molecular flexibility index (Phi) is 1.91. The van der Waals surface area contributed by atoms with E-state index in [1.54, 1.807) is 6.92 Å². The summed E-state index contributed by atoms with van der Waals surface area (Å²) in [5.41, 5.74) is 0.503. The molecule has 4 nitrogen and oxygen atoms in total. The molecular weight excluding hydrogens is 206 g/mol. The smallest absolute Gasteiger partial charge is 0.309 e. The molecule has 2 bridgehead atoms. The molecule has 1 aliphatic heterocycles. The first-order valence-electron chi connectivity index (χ1n) is 5.75. The van der Waals surface area contributed by atoms with Gasteiger partial charge in [0.1, 0.15) is 6.10 Å². The maximum absolute atomic E-state index is 11.6. The van der Waals surface area contributed by atoms with Crippen molar-refractivity contribution in [3.63, 3.8) is 0 Å². The van der Waals surface area contributed by atoms with Crippen molar-refractivity contribution in [1.29, 1.82) is 0 Å². The van der Waals surface area contributed by atoms with Crippen molar-refractivity contribution in [2.45, 2.75) is 31.9 Å². The second-order valence-corrected chi connectivity index (χ2v) is 5.18. The summed E-state index contributed by atoms with van der Waals surface area (Å²) in [6.45, 7) is 5.30. The van der Waals surface area contributed by atoms with Crippen LogP contribution in [0.4, 0.5) is 0 Å². The lowest BCUT2D eigenvalue weighted by atomic mass is 9.86. The van der Waals surface area contributed by atoms with Crippen molar-refractivity contribution in [3.8, 4) is 0 Å². The van der Waals surface area contributed by atoms with Crippen molar-refractivity contribution < 1.29 is 14.3 Å². The van der Waals surface area contributed by atoms with Gasteiger partial charge in [-0.3, -0.25) is 9.59 Å². The second kappa shape index (κ2) is 3.09. The fraction of sp³-hybridized carbons (Fsp3) is 0.667. The molecule has 1 amide bonds. The predicted octanol–water partition coefficient (Wildman–Crippen LogP) is 0.629. The Morgan fingerprint density at radius 3 is 2.94 bits per heavy atom. The van der Waals surface area contributed by atoms with Crippen LogP contribution in [0.1, 0.15) is 19.8 Å². The molecular formula is C12H15NO3. The van der Waals surface area contributed by atoms with Crippen LogP contribution in [-0.4, -0.2) is 24.0 Å². The van der Waals surface area contributed by atoms with Crippen LogP contribution >= 0.6 is 0 Å². The predicted molar refractivity (Wildman–Crippen MR) is 56.3 cm³/mol. The minimum Gasteiger partial charge on any atom is -0.460 e. The van der Waals surface area contributed by atoms with Gasteiger partial charge in [-0.15, -0.1) is 0 Å². The fourth-order valence-electron chi connectivity index (χ4n) is 3.43. The van der Waals surface area contributed by atoms with E-state index in [-0.39, 0.29) is 29.9 Å². The van der Waals surface area contributed by atoms with Crippen molar-refractivity contribution in [2.24, 2.45) is 17.8 Å². The lowest BCUT2D eigenvalue weighted by Gasteiger charge is -2.26. The molecule has 1 heterocycles. The third kappa shape index (κ3) is 1.16. The van der Waals surface area contributed by atoms with Gasteiger partial charge in [0.2, 0.25) is 5.91 Å². The molecule has 3 aliphatic rings. The minimum absolute atomic E-state index is 0.0110. The summed E-state index contributed by atoms with van der Waals surface area (Å²) in [5.74, 6) is 0.664. The number of ether oxygens (including phenoxy) is 1. The van der Waals surface area contributed by atoms with Gasteiger partial charge in [0.05, 0.1) is 12.0 Å². The topological polar surface area (TPSA) is 55.4 Å². The van der Waals surface area contributed by atoms with Gasteiger partial charge in [-0.2, -0.15) is 0 Å². The Hall–Kier alpha value is -1.32. The van der Waals surface area contributed by atoms with Gasteiger partial charge in [-0.1, -0.05) is 6.58 Å². The highest BCUT2D eigenvalue weighted by Gasteiger charge is 2.62. The number of fused-ring (bicyclic) bond motifs is 1. The summed E-state index contributed by atoms with van der Waals surface area (Å²) in [7, 11) is 0. The van der Waals surface area contributed by atoms with Crippen LogP contribution in [0.25, 0.3) is 0 Å². The normalized spacial score (nSPS) is 43.3. The number of carbonyl (C=O) groups excluding carboxylic acids is 2. The first-order chi connectivity index (χ1) is 7.58. The standard InChI is InChI=1S/C12H15NO3/c1-5(2)11(14)13-9-6-3-7-8(4-6)12(15)16-10(7)9/h6-10H,1,3-4H2,2H3,(H,13,14). The minimum atomic E-state index is -0.128. The highest BCUT2D eigenvalue weighted by molar-refractivity contribution is 5.92. The maximum Gasteiger partial charge on any atom is 0.309 e. The van der Waals surface area contributed by atoms with Gasteiger partial charge in [-0.25, -0.2) is 0 Å². The molecule has 3 rings (SSSR count). The van der Waals surface area contributed by atoms with Crippen LogP contribution in [-0.2, 0) is 14.3 Å². The lowest BCUT2D eigenvalue weighted by Crippen LogP contribution is -2.46. The summed E-state index contributed by atoms with van der Waals surface area (Å²) < 4.78 is 5.35. The van der Waals surface area contributed by atoms with Crippen LogP contribution in [0.3, 0.4) is 0 Å². The molecule has 5 atom stereocenters. The van der Waals surface area contributed by atoms with E-state index in [0.29, 0.717) is 17.4 Å². The number of carbonyl (C=O) groups is 2. The summed E-state index contributed by atoms with van der Waals surface area (Å²) in [6, 6.07) is 0.0110. The number of hydrogen-bond donors (Lipinski definition) is 1. The largest absolute Gasteiger partial charge is 0.460 e. The molecule has 86 valence electrons. The zero-order chi connectivity index (χ0) is 11.4. The van der Waals surface area contributed by atoms with Crippen LogP contribution in [0.2, 0.25) is 0 Å². The van der Waals surface area contributed by atoms with E-state index in [4.69, 9.17) is 4.74 Å². The van der Waals surface area contributed by atoms with E-state index in [9.17, 15) is 9.59 Å². The summed E-state index contributed by atoms with van der Waals surface area (Å²) in [5, 5.41) is 2.94. The Balaban J connectivity index is 1.77. The molecule has 1 N–H and O–H groups in total. The monoisotopic (exact) mass is 221 g/mol. The quantitative estimate of drug-likeness (QED) is 0.549. The molecule has 16 heavy (non-hydrogen) atoms. The molecule has 1 saturated heterocycles. The average Bonchev–Trinajstić information content (AvgIpc) is 2.81. The molecule has 0 aromatic carbocycles. The average molecular weight is 221 g/mol. The van der Waals surface area contributed by atoms with Gasteiger partial charge < -0.3 is 10.1 Å². The van der Waals surface area contributed by atoms with Crippen LogP contribution < -0.4 is 5.32 Å². The van der Waals surface area contributed by atoms with Crippen LogP contribution in [0.15, 0.2) is 12.2 Å². The van der Waals surface area contributed by atoms with E-state index >= 15 is 0 Å². The molecule has 2 aliphatic carbocycles. The van der Waals surface area contributed by atoms with E-state index in [1.165, 1.54) is 0 Å². The first-order valence-corrected chi connectivity index (χ1v) is 5.75. The summed E-state index contributed by atoms with van der Waals surface area (Å²) in [6.07, 6.45) is 1.81. The Labute approximate surface area is 94.0 Å². The molecule has 5 unspecified atom stereocenters. The van der Waals surface area contributed by atoms with Crippen molar-refractivity contribution in [3.05, 3.63) is 12.2 Å². The third-order valence-corrected chi connectivity index (χ3v) is 4.17. The molecule has 0 aromatic rings. The summed E-state index contributed by atoms with van der Waals surface area (Å²) in [4.78, 5) is 23.1. The lowest BCUT2D eigenvalue weighted by molar-refractivity contribution is -0.144. The highest BCUT2D eigenvalue weighted by atomic mass is 16.6. The number of hydrogen-bond acceptors (Lipinski definition) is 3. The van der Waals surface area contributed by atoms with Gasteiger partial charge in [0.15, 0.2) is 0 Å². The van der Waals surface area contributed by atoms with Crippen LogP contribution in [0.5, 0.6) is 0 Å². The zero-order valence-electron chi connectivity index (χ0n) is 9.23. The fourth-order valence-corrected chi connectivity index (χ4v) is 3.43. The number of esters is 1. The molecule has 0 spiro atoms. The second-order valence-electron chi connectivity index (χ2n) is 5.18. The van der Waals surface area contributed by atoms with Crippen molar-refractivity contribution in [1.82, 2.24) is 5.32 Å². The number of rotatable bonds is 2. The maximum atomic E-state index is 11.6. The number of nitrogens with one attached hydrogen (secondary N) is 1. The van der Waals surface area contributed by atoms with E-state index in [0.717, 1.165) is 12.8 Å². The van der Waals surface area contributed by atoms with Crippen LogP contribution in [0, 0.1) is 17.8 Å². The van der Waals surface area contributed by atoms with Gasteiger partial charge in [-0.05, 0) is 25.7 Å². The molecule has 2 saturated carbocycles. The Morgan fingerprint density at radius 2 is 2.25 bits per heavy atom. The third-order valence-electron chi connectivity index (χ3n) is 4.17. The Morgan fingerprint density at radius 1 is 1.50 bits per heavy atom. The van der Waals surface area contributed by atoms with Gasteiger partial charge in [0.25, 0.3) is 0 Å². The SMILES string of the molecule is C=C(C)C(=O)NC1C2CC3C(=O)OC1C3C2. The van der Waals surface area contributed by atoms with E-state index in [1.807, 2.05) is 0 Å². The van der Waals surface area contributed by atoms with Gasteiger partial charge >= 0.3 is 5.97 Å². The van der Waals surface area contributed by atoms with Gasteiger partial charge in [0, 0.05) is 11.5 Å². The first kappa shape index (κ1) is 9.87. The summed E-state index contributed by atoms with van der Waals surface area (Å²) >= 11 is 0.